The molecule has 0 bridgehead atoms. The van der Waals surface area contributed by atoms with Crippen LogP contribution in [0.5, 0.6) is 0 Å². The zero-order chi connectivity index (χ0) is 13.5. The number of hydrogen-bond acceptors (Lipinski definition) is 3. The highest BCUT2D eigenvalue weighted by atomic mass is 16.5. The lowest BCUT2D eigenvalue weighted by molar-refractivity contribution is 0.0647. The van der Waals surface area contributed by atoms with Gasteiger partial charge >= 0.3 is 6.03 Å². The number of rotatable bonds is 6. The number of methoxy groups -OCH3 is 1. The molecule has 0 aromatic heterocycles. The van der Waals surface area contributed by atoms with Gasteiger partial charge in [-0.05, 0) is 11.8 Å². The quantitative estimate of drug-likeness (QED) is 0.657. The van der Waals surface area contributed by atoms with Crippen molar-refractivity contribution in [2.24, 2.45) is 5.41 Å². The minimum Gasteiger partial charge on any atom is -0.391 e. The van der Waals surface area contributed by atoms with Gasteiger partial charge in [-0.15, -0.1) is 0 Å². The fourth-order valence-electron chi connectivity index (χ4n) is 1.19. The van der Waals surface area contributed by atoms with E-state index < -0.39 is 6.10 Å². The SMILES string of the molecule is CCC(COC)NC(=O)NCC(O)C(C)(C)C. The van der Waals surface area contributed by atoms with E-state index >= 15 is 0 Å². The molecule has 0 aliphatic heterocycles. The van der Waals surface area contributed by atoms with Crippen LogP contribution in [0.4, 0.5) is 4.79 Å². The molecule has 0 fully saturated rings. The van der Waals surface area contributed by atoms with Crippen molar-refractivity contribution in [1.82, 2.24) is 10.6 Å². The first-order chi connectivity index (χ1) is 7.81. The van der Waals surface area contributed by atoms with Crippen LogP contribution in [0, 0.1) is 5.41 Å². The predicted octanol–water partition coefficient (Wildman–Crippen LogP) is 1.12. The molecule has 0 aromatic rings. The molecular weight excluding hydrogens is 220 g/mol. The molecule has 0 heterocycles. The first-order valence-corrected chi connectivity index (χ1v) is 6.02. The maximum absolute atomic E-state index is 11.5. The van der Waals surface area contributed by atoms with E-state index in [1.54, 1.807) is 7.11 Å². The molecular formula is C12H26N2O3. The largest absolute Gasteiger partial charge is 0.391 e. The van der Waals surface area contributed by atoms with Crippen LogP contribution in [0.2, 0.25) is 0 Å². The molecule has 0 rings (SSSR count). The van der Waals surface area contributed by atoms with Gasteiger partial charge in [0.25, 0.3) is 0 Å². The van der Waals surface area contributed by atoms with Crippen LogP contribution in [0.25, 0.3) is 0 Å². The van der Waals surface area contributed by atoms with Crippen molar-refractivity contribution in [2.45, 2.75) is 46.3 Å². The molecule has 0 saturated heterocycles. The molecule has 0 aliphatic rings. The monoisotopic (exact) mass is 246 g/mol. The summed E-state index contributed by atoms with van der Waals surface area (Å²) in [5.74, 6) is 0. The summed E-state index contributed by atoms with van der Waals surface area (Å²) in [6.07, 6.45) is 0.249. The summed E-state index contributed by atoms with van der Waals surface area (Å²) in [6.45, 7) is 8.50. The van der Waals surface area contributed by atoms with Crippen molar-refractivity contribution in [3.63, 3.8) is 0 Å². The van der Waals surface area contributed by atoms with Crippen LogP contribution in [0.1, 0.15) is 34.1 Å². The number of aliphatic hydroxyl groups excluding tert-OH is 1. The van der Waals surface area contributed by atoms with E-state index in [1.807, 2.05) is 27.7 Å². The predicted molar refractivity (Wildman–Crippen MR) is 68.0 cm³/mol. The molecule has 0 saturated carbocycles. The molecule has 3 N–H and O–H groups in total. The summed E-state index contributed by atoms with van der Waals surface area (Å²) >= 11 is 0. The van der Waals surface area contributed by atoms with Crippen LogP contribution in [0.3, 0.4) is 0 Å². The number of nitrogens with one attached hydrogen (secondary N) is 2. The third-order valence-corrected chi connectivity index (χ3v) is 2.65. The second-order valence-electron chi connectivity index (χ2n) is 5.30. The van der Waals surface area contributed by atoms with E-state index in [0.717, 1.165) is 6.42 Å². The van der Waals surface area contributed by atoms with Gasteiger partial charge in [0.1, 0.15) is 0 Å². The molecule has 2 atom stereocenters. The first-order valence-electron chi connectivity index (χ1n) is 6.02. The van der Waals surface area contributed by atoms with Gasteiger partial charge in [0, 0.05) is 13.7 Å². The number of amides is 2. The fourth-order valence-corrected chi connectivity index (χ4v) is 1.19. The lowest BCUT2D eigenvalue weighted by Gasteiger charge is -2.26. The lowest BCUT2D eigenvalue weighted by atomic mass is 9.89. The second kappa shape index (κ2) is 7.50. The number of ether oxygens (including phenoxy) is 1. The zero-order valence-electron chi connectivity index (χ0n) is 11.5. The van der Waals surface area contributed by atoms with Gasteiger partial charge < -0.3 is 20.5 Å². The van der Waals surface area contributed by atoms with Crippen molar-refractivity contribution in [3.8, 4) is 0 Å². The van der Waals surface area contributed by atoms with Gasteiger partial charge in [0.15, 0.2) is 0 Å². The highest BCUT2D eigenvalue weighted by Gasteiger charge is 2.22. The van der Waals surface area contributed by atoms with Crippen molar-refractivity contribution < 1.29 is 14.6 Å². The molecule has 0 radical (unpaired) electrons. The van der Waals surface area contributed by atoms with Gasteiger partial charge in [0.05, 0.1) is 18.8 Å². The van der Waals surface area contributed by atoms with Gasteiger partial charge in [-0.25, -0.2) is 4.79 Å². The third kappa shape index (κ3) is 7.18. The van der Waals surface area contributed by atoms with Gasteiger partial charge in [-0.2, -0.15) is 0 Å². The maximum atomic E-state index is 11.5. The van der Waals surface area contributed by atoms with Crippen molar-refractivity contribution >= 4 is 6.03 Å². The topological polar surface area (TPSA) is 70.6 Å². The molecule has 0 aromatic carbocycles. The molecule has 102 valence electrons. The average Bonchev–Trinajstić information content (AvgIpc) is 2.23. The van der Waals surface area contributed by atoms with E-state index in [0.29, 0.717) is 6.61 Å². The summed E-state index contributed by atoms with van der Waals surface area (Å²) in [5.41, 5.74) is -0.232. The van der Waals surface area contributed by atoms with Gasteiger partial charge in [0.2, 0.25) is 0 Å². The Morgan fingerprint density at radius 2 is 2.00 bits per heavy atom. The van der Waals surface area contributed by atoms with Crippen LogP contribution < -0.4 is 10.6 Å². The van der Waals surface area contributed by atoms with E-state index in [-0.39, 0.29) is 24.0 Å². The number of aliphatic hydroxyl groups is 1. The summed E-state index contributed by atoms with van der Waals surface area (Å²) < 4.78 is 4.98. The Labute approximate surface area is 104 Å². The zero-order valence-corrected chi connectivity index (χ0v) is 11.5. The van der Waals surface area contributed by atoms with E-state index in [1.165, 1.54) is 0 Å². The first kappa shape index (κ1) is 16.2. The van der Waals surface area contributed by atoms with Crippen LogP contribution in [-0.4, -0.2) is 43.5 Å². The smallest absolute Gasteiger partial charge is 0.315 e. The van der Waals surface area contributed by atoms with Crippen LogP contribution in [-0.2, 0) is 4.74 Å². The van der Waals surface area contributed by atoms with E-state index in [2.05, 4.69) is 10.6 Å². The highest BCUT2D eigenvalue weighted by Crippen LogP contribution is 2.17. The van der Waals surface area contributed by atoms with Crippen LogP contribution in [0.15, 0.2) is 0 Å². The number of carbonyl (C=O) groups excluding carboxylic acids is 1. The molecule has 0 spiro atoms. The average molecular weight is 246 g/mol. The maximum Gasteiger partial charge on any atom is 0.315 e. The molecule has 2 amide bonds. The lowest BCUT2D eigenvalue weighted by Crippen LogP contribution is -2.47. The third-order valence-electron chi connectivity index (χ3n) is 2.65. The molecule has 17 heavy (non-hydrogen) atoms. The molecule has 5 heteroatoms. The van der Waals surface area contributed by atoms with Crippen molar-refractivity contribution in [3.05, 3.63) is 0 Å². The van der Waals surface area contributed by atoms with E-state index in [4.69, 9.17) is 4.74 Å². The summed E-state index contributed by atoms with van der Waals surface area (Å²) in [5, 5.41) is 15.2. The van der Waals surface area contributed by atoms with Gasteiger partial charge in [-0.3, -0.25) is 0 Å². The Hall–Kier alpha value is -0.810. The molecule has 0 aliphatic carbocycles. The minimum atomic E-state index is -0.559. The standard InChI is InChI=1S/C12H26N2O3/c1-6-9(8-17-5)14-11(16)13-7-10(15)12(2,3)4/h9-10,15H,6-8H2,1-5H3,(H2,13,14,16). The van der Waals surface area contributed by atoms with Crippen molar-refractivity contribution in [2.75, 3.05) is 20.3 Å². The fraction of sp³-hybridized carbons (Fsp3) is 0.917. The number of carbonyl (C=O) groups is 1. The Balaban J connectivity index is 3.94. The summed E-state index contributed by atoms with van der Waals surface area (Å²) in [6, 6.07) is -0.260. The molecule has 2 unspecified atom stereocenters. The van der Waals surface area contributed by atoms with Crippen molar-refractivity contribution in [1.29, 1.82) is 0 Å². The second-order valence-corrected chi connectivity index (χ2v) is 5.30. The Bertz CT molecular complexity index is 226. The Morgan fingerprint density at radius 3 is 2.41 bits per heavy atom. The Morgan fingerprint density at radius 1 is 1.41 bits per heavy atom. The highest BCUT2D eigenvalue weighted by molar-refractivity contribution is 5.74. The number of hydrogen-bond donors (Lipinski definition) is 3. The number of urea groups is 1. The Kier molecular flexibility index (Phi) is 7.15. The molecule has 5 nitrogen and oxygen atoms in total. The normalized spacial score (nSPS) is 15.2. The summed E-state index contributed by atoms with van der Waals surface area (Å²) in [4.78, 5) is 11.5. The van der Waals surface area contributed by atoms with E-state index in [9.17, 15) is 9.90 Å². The van der Waals surface area contributed by atoms with Crippen LogP contribution >= 0.6 is 0 Å². The summed E-state index contributed by atoms with van der Waals surface area (Å²) in [7, 11) is 1.60. The minimum absolute atomic E-state index is 0.00628. The van der Waals surface area contributed by atoms with Gasteiger partial charge in [-0.1, -0.05) is 27.7 Å².